The number of furan rings is 1. The average Bonchev–Trinajstić information content (AvgIpc) is 3.10. The molecule has 1 heterocycles. The lowest BCUT2D eigenvalue weighted by Crippen LogP contribution is -2.11. The molecular weight excluding hydrogens is 403 g/mol. The van der Waals surface area contributed by atoms with Gasteiger partial charge in [0.2, 0.25) is 0 Å². The van der Waals surface area contributed by atoms with Crippen molar-refractivity contribution in [3.63, 3.8) is 0 Å². The number of benzene rings is 2. The van der Waals surface area contributed by atoms with Gasteiger partial charge in [-0.05, 0) is 36.4 Å². The van der Waals surface area contributed by atoms with Gasteiger partial charge in [-0.15, -0.1) is 0 Å². The molecule has 0 aliphatic rings. The number of nitro groups is 1. The predicted octanol–water partition coefficient (Wildman–Crippen LogP) is 6.07. The summed E-state index contributed by atoms with van der Waals surface area (Å²) in [6.45, 7) is 0. The molecule has 0 atom stereocenters. The number of nitro benzene ring substituents is 1. The second-order valence-electron chi connectivity index (χ2n) is 5.17. The van der Waals surface area contributed by atoms with Gasteiger partial charge in [0.25, 0.3) is 11.6 Å². The second kappa shape index (κ2) is 7.37. The number of nitrogens with zero attached hydrogens (tertiary/aromatic N) is 1. The molecule has 1 N–H and O–H groups in total. The number of amides is 1. The van der Waals surface area contributed by atoms with Crippen molar-refractivity contribution in [2.45, 2.75) is 0 Å². The van der Waals surface area contributed by atoms with E-state index in [9.17, 15) is 14.9 Å². The van der Waals surface area contributed by atoms with E-state index in [0.29, 0.717) is 17.0 Å². The van der Waals surface area contributed by atoms with E-state index in [4.69, 9.17) is 39.2 Å². The van der Waals surface area contributed by atoms with Gasteiger partial charge in [-0.2, -0.15) is 0 Å². The number of anilines is 1. The third-order valence-electron chi connectivity index (χ3n) is 3.45. The van der Waals surface area contributed by atoms with Crippen LogP contribution in [0.3, 0.4) is 0 Å². The monoisotopic (exact) mass is 410 g/mol. The van der Waals surface area contributed by atoms with Gasteiger partial charge in [0.15, 0.2) is 5.76 Å². The zero-order valence-electron chi connectivity index (χ0n) is 12.8. The molecule has 0 saturated carbocycles. The summed E-state index contributed by atoms with van der Waals surface area (Å²) in [6, 6.07) is 11.7. The van der Waals surface area contributed by atoms with Gasteiger partial charge in [0.1, 0.15) is 5.76 Å². The normalized spacial score (nSPS) is 10.6. The van der Waals surface area contributed by atoms with E-state index in [1.54, 1.807) is 6.07 Å². The lowest BCUT2D eigenvalue weighted by atomic mass is 10.1. The van der Waals surface area contributed by atoms with E-state index in [0.717, 1.165) is 0 Å². The van der Waals surface area contributed by atoms with Crippen LogP contribution in [0.2, 0.25) is 15.1 Å². The van der Waals surface area contributed by atoms with Crippen molar-refractivity contribution < 1.29 is 14.1 Å². The van der Waals surface area contributed by atoms with Crippen molar-refractivity contribution in [1.29, 1.82) is 0 Å². The van der Waals surface area contributed by atoms with E-state index < -0.39 is 10.8 Å². The van der Waals surface area contributed by atoms with Crippen LogP contribution in [0.5, 0.6) is 0 Å². The summed E-state index contributed by atoms with van der Waals surface area (Å²) in [4.78, 5) is 22.5. The van der Waals surface area contributed by atoms with Gasteiger partial charge in [-0.25, -0.2) is 0 Å². The van der Waals surface area contributed by atoms with E-state index in [1.807, 2.05) is 0 Å². The molecule has 3 aromatic rings. The van der Waals surface area contributed by atoms with Crippen LogP contribution in [0, 0.1) is 10.1 Å². The summed E-state index contributed by atoms with van der Waals surface area (Å²) in [6.07, 6.45) is 0. The summed E-state index contributed by atoms with van der Waals surface area (Å²) < 4.78 is 5.51. The van der Waals surface area contributed by atoms with Gasteiger partial charge < -0.3 is 9.73 Å². The number of halogens is 3. The van der Waals surface area contributed by atoms with Crippen molar-refractivity contribution in [3.8, 4) is 11.3 Å². The number of carbonyl (C=O) groups excluding carboxylic acids is 1. The molecule has 3 rings (SSSR count). The topological polar surface area (TPSA) is 85.4 Å². The summed E-state index contributed by atoms with van der Waals surface area (Å²) >= 11 is 17.8. The minimum atomic E-state index is -0.529. The molecule has 0 aliphatic heterocycles. The highest BCUT2D eigenvalue weighted by Crippen LogP contribution is 2.33. The lowest BCUT2D eigenvalue weighted by Gasteiger charge is -2.07. The largest absolute Gasteiger partial charge is 0.451 e. The number of carbonyl (C=O) groups is 1. The number of rotatable bonds is 4. The molecular formula is C17H9Cl3N2O4. The molecule has 0 bridgehead atoms. The van der Waals surface area contributed by atoms with E-state index >= 15 is 0 Å². The molecule has 26 heavy (non-hydrogen) atoms. The van der Waals surface area contributed by atoms with Gasteiger partial charge >= 0.3 is 0 Å². The Kier molecular flexibility index (Phi) is 5.18. The van der Waals surface area contributed by atoms with Crippen LogP contribution in [0.4, 0.5) is 11.4 Å². The van der Waals surface area contributed by atoms with E-state index in [1.165, 1.54) is 42.5 Å². The van der Waals surface area contributed by atoms with Crippen LogP contribution in [0.15, 0.2) is 52.9 Å². The summed E-state index contributed by atoms with van der Waals surface area (Å²) in [5.41, 5.74) is 0.856. The maximum absolute atomic E-state index is 12.3. The first-order valence-electron chi connectivity index (χ1n) is 7.15. The molecule has 9 heteroatoms. The quantitative estimate of drug-likeness (QED) is 0.321. The smallest absolute Gasteiger partial charge is 0.291 e. The van der Waals surface area contributed by atoms with Crippen molar-refractivity contribution in [3.05, 3.63) is 79.5 Å². The van der Waals surface area contributed by atoms with Crippen molar-refractivity contribution in [2.75, 3.05) is 5.32 Å². The Bertz CT molecular complexity index is 1000. The maximum Gasteiger partial charge on any atom is 0.291 e. The third-order valence-corrected chi connectivity index (χ3v) is 4.49. The highest BCUT2D eigenvalue weighted by molar-refractivity contribution is 6.44. The SMILES string of the molecule is O=C(Nc1cc(Cl)c(Cl)cc1Cl)c1ccc(-c2ccc([N+](=O)[O-])cc2)o1. The van der Waals surface area contributed by atoms with Gasteiger partial charge in [-0.3, -0.25) is 14.9 Å². The first-order chi connectivity index (χ1) is 12.3. The molecule has 0 aliphatic carbocycles. The van der Waals surface area contributed by atoms with E-state index in [-0.39, 0.29) is 26.5 Å². The fourth-order valence-corrected chi connectivity index (χ4v) is 2.76. The van der Waals surface area contributed by atoms with Gasteiger partial charge in [-0.1, -0.05) is 34.8 Å². The summed E-state index contributed by atoms with van der Waals surface area (Å²) in [7, 11) is 0. The second-order valence-corrected chi connectivity index (χ2v) is 6.39. The van der Waals surface area contributed by atoms with Gasteiger partial charge in [0, 0.05) is 17.7 Å². The number of hydrogen-bond acceptors (Lipinski definition) is 4. The Hall–Kier alpha value is -2.54. The third kappa shape index (κ3) is 3.83. The fourth-order valence-electron chi connectivity index (χ4n) is 2.16. The molecule has 0 unspecified atom stereocenters. The van der Waals surface area contributed by atoms with Crippen molar-refractivity contribution in [1.82, 2.24) is 0 Å². The summed E-state index contributed by atoms with van der Waals surface area (Å²) in [5, 5.41) is 14.0. The molecule has 1 amide bonds. The Balaban J connectivity index is 1.80. The van der Waals surface area contributed by atoms with Crippen LogP contribution >= 0.6 is 34.8 Å². The Labute approximate surface area is 162 Å². The first-order valence-corrected chi connectivity index (χ1v) is 8.29. The predicted molar refractivity (Wildman–Crippen MR) is 100 cm³/mol. The highest BCUT2D eigenvalue weighted by atomic mass is 35.5. The van der Waals surface area contributed by atoms with Crippen LogP contribution in [0.25, 0.3) is 11.3 Å². The van der Waals surface area contributed by atoms with Crippen LogP contribution < -0.4 is 5.32 Å². The number of non-ortho nitro benzene ring substituents is 1. The lowest BCUT2D eigenvalue weighted by molar-refractivity contribution is -0.384. The molecule has 0 fully saturated rings. The molecule has 0 radical (unpaired) electrons. The van der Waals surface area contributed by atoms with Crippen molar-refractivity contribution >= 4 is 52.1 Å². The zero-order chi connectivity index (χ0) is 18.8. The fraction of sp³-hybridized carbons (Fsp3) is 0. The van der Waals surface area contributed by atoms with Gasteiger partial charge in [0.05, 0.1) is 25.7 Å². The highest BCUT2D eigenvalue weighted by Gasteiger charge is 2.15. The molecule has 132 valence electrons. The van der Waals surface area contributed by atoms with E-state index in [2.05, 4.69) is 5.32 Å². The standard InChI is InChI=1S/C17H9Cl3N2O4/c18-11-7-13(20)14(8-12(11)19)21-17(23)16-6-5-15(26-16)9-1-3-10(4-2-9)22(24)25/h1-8H,(H,21,23). The van der Waals surface area contributed by atoms with Crippen LogP contribution in [-0.4, -0.2) is 10.8 Å². The molecule has 0 saturated heterocycles. The maximum atomic E-state index is 12.3. The molecule has 0 spiro atoms. The minimum absolute atomic E-state index is 0.0347. The summed E-state index contributed by atoms with van der Waals surface area (Å²) in [5.74, 6) is -0.0933. The van der Waals surface area contributed by atoms with Crippen LogP contribution in [0.1, 0.15) is 10.6 Å². The van der Waals surface area contributed by atoms with Crippen LogP contribution in [-0.2, 0) is 0 Å². The zero-order valence-corrected chi connectivity index (χ0v) is 15.1. The molecule has 1 aromatic heterocycles. The Morgan fingerprint density at radius 3 is 2.27 bits per heavy atom. The average molecular weight is 412 g/mol. The number of hydrogen-bond donors (Lipinski definition) is 1. The molecule has 2 aromatic carbocycles. The molecule has 6 nitrogen and oxygen atoms in total. The van der Waals surface area contributed by atoms with Crippen molar-refractivity contribution in [2.24, 2.45) is 0 Å². The minimum Gasteiger partial charge on any atom is -0.451 e. The number of nitrogens with one attached hydrogen (secondary N) is 1. The first kappa shape index (κ1) is 18.3. The Morgan fingerprint density at radius 1 is 0.962 bits per heavy atom. The Morgan fingerprint density at radius 2 is 1.62 bits per heavy atom.